The molecule has 0 heterocycles. The fourth-order valence-electron chi connectivity index (χ4n) is 1.27. The van der Waals surface area contributed by atoms with E-state index in [-0.39, 0.29) is 12.2 Å². The lowest BCUT2D eigenvalue weighted by Crippen LogP contribution is -2.30. The number of halogens is 2. The van der Waals surface area contributed by atoms with Crippen molar-refractivity contribution in [2.24, 2.45) is 5.73 Å². The monoisotopic (exact) mass is 213 g/mol. The molecule has 0 fully saturated rings. The molecule has 0 aliphatic heterocycles. The highest BCUT2D eigenvalue weighted by atomic mass is 19.1. The zero-order valence-electron chi connectivity index (χ0n) is 8.47. The van der Waals surface area contributed by atoms with Gasteiger partial charge in [0.1, 0.15) is 11.6 Å². The summed E-state index contributed by atoms with van der Waals surface area (Å²) in [6.45, 7) is 1.79. The summed E-state index contributed by atoms with van der Waals surface area (Å²) in [5.74, 6) is -1.56. The number of carbonyl (C=O) groups excluding carboxylic acids is 1. The molecule has 0 aliphatic carbocycles. The Hall–Kier alpha value is -1.29. The Balaban J connectivity index is 2.76. The molecule has 0 spiro atoms. The maximum absolute atomic E-state index is 12.8. The van der Waals surface area contributed by atoms with Gasteiger partial charge in [-0.1, -0.05) is 6.92 Å². The molecular formula is C11H13F2NO. The van der Waals surface area contributed by atoms with Gasteiger partial charge in [0.15, 0.2) is 5.78 Å². The lowest BCUT2D eigenvalue weighted by molar-refractivity contribution is -0.119. The first-order valence-electron chi connectivity index (χ1n) is 4.76. The number of benzene rings is 1. The summed E-state index contributed by atoms with van der Waals surface area (Å²) in [6.07, 6.45) is 0.500. The van der Waals surface area contributed by atoms with Gasteiger partial charge in [0.2, 0.25) is 0 Å². The van der Waals surface area contributed by atoms with Gasteiger partial charge >= 0.3 is 0 Å². The standard InChI is InChI=1S/C11H13F2NO/c1-2-10(14)11(15)5-7-3-8(12)6-9(13)4-7/h3-4,6,10H,2,5,14H2,1H3. The minimum absolute atomic E-state index is 0.0241. The van der Waals surface area contributed by atoms with Crippen LogP contribution in [0, 0.1) is 11.6 Å². The number of ketones is 1. The highest BCUT2D eigenvalue weighted by Crippen LogP contribution is 2.09. The van der Waals surface area contributed by atoms with Crippen LogP contribution in [0.25, 0.3) is 0 Å². The summed E-state index contributed by atoms with van der Waals surface area (Å²) in [4.78, 5) is 11.4. The van der Waals surface area contributed by atoms with Crippen LogP contribution in [-0.4, -0.2) is 11.8 Å². The molecule has 0 aromatic heterocycles. The molecule has 0 aliphatic rings. The summed E-state index contributed by atoms with van der Waals surface area (Å²) in [5, 5.41) is 0. The molecule has 2 N–H and O–H groups in total. The Morgan fingerprint density at radius 2 is 1.87 bits per heavy atom. The van der Waals surface area contributed by atoms with Gasteiger partial charge in [0.05, 0.1) is 6.04 Å². The van der Waals surface area contributed by atoms with Gasteiger partial charge in [-0.3, -0.25) is 4.79 Å². The van der Waals surface area contributed by atoms with Crippen molar-refractivity contribution in [1.82, 2.24) is 0 Å². The number of hydrogen-bond donors (Lipinski definition) is 1. The number of nitrogens with two attached hydrogens (primary N) is 1. The van der Waals surface area contributed by atoms with Gasteiger partial charge in [-0.25, -0.2) is 8.78 Å². The van der Waals surface area contributed by atoms with Crippen LogP contribution >= 0.6 is 0 Å². The fourth-order valence-corrected chi connectivity index (χ4v) is 1.27. The first-order chi connectivity index (χ1) is 7.02. The molecule has 1 atom stereocenters. The van der Waals surface area contributed by atoms with Crippen LogP contribution in [0.4, 0.5) is 8.78 Å². The molecule has 0 amide bonds. The number of rotatable bonds is 4. The summed E-state index contributed by atoms with van der Waals surface area (Å²) in [5.41, 5.74) is 5.82. The SMILES string of the molecule is CCC(N)C(=O)Cc1cc(F)cc(F)c1. The Morgan fingerprint density at radius 1 is 1.33 bits per heavy atom. The van der Waals surface area contributed by atoms with E-state index in [1.807, 2.05) is 0 Å². The van der Waals surface area contributed by atoms with E-state index in [2.05, 4.69) is 0 Å². The maximum atomic E-state index is 12.8. The minimum atomic E-state index is -0.678. The van der Waals surface area contributed by atoms with Crippen LogP contribution in [0.3, 0.4) is 0 Å². The Morgan fingerprint density at radius 3 is 2.33 bits per heavy atom. The number of Topliss-reactive ketones (excluding diaryl/α,β-unsaturated/α-hetero) is 1. The third kappa shape index (κ3) is 3.40. The summed E-state index contributed by atoms with van der Waals surface area (Å²) >= 11 is 0. The van der Waals surface area contributed by atoms with E-state index in [1.165, 1.54) is 0 Å². The normalized spacial score (nSPS) is 12.5. The first-order valence-corrected chi connectivity index (χ1v) is 4.76. The van der Waals surface area contributed by atoms with E-state index in [4.69, 9.17) is 5.73 Å². The van der Waals surface area contributed by atoms with E-state index >= 15 is 0 Å². The van der Waals surface area contributed by atoms with E-state index in [0.29, 0.717) is 12.0 Å². The molecule has 1 aromatic carbocycles. The van der Waals surface area contributed by atoms with Gasteiger partial charge in [0, 0.05) is 12.5 Å². The third-order valence-electron chi connectivity index (χ3n) is 2.15. The van der Waals surface area contributed by atoms with E-state index < -0.39 is 17.7 Å². The molecule has 0 saturated carbocycles. The number of hydrogen-bond acceptors (Lipinski definition) is 2. The topological polar surface area (TPSA) is 43.1 Å². The lowest BCUT2D eigenvalue weighted by Gasteiger charge is -2.07. The molecule has 1 rings (SSSR count). The van der Waals surface area contributed by atoms with Crippen LogP contribution in [0.2, 0.25) is 0 Å². The van der Waals surface area contributed by atoms with Crippen LogP contribution in [0.5, 0.6) is 0 Å². The maximum Gasteiger partial charge on any atom is 0.153 e. The van der Waals surface area contributed by atoms with E-state index in [1.54, 1.807) is 6.92 Å². The summed E-state index contributed by atoms with van der Waals surface area (Å²) in [7, 11) is 0. The van der Waals surface area contributed by atoms with Crippen molar-refractivity contribution in [2.75, 3.05) is 0 Å². The Bertz CT molecular complexity index is 345. The van der Waals surface area contributed by atoms with Crippen molar-refractivity contribution in [3.05, 3.63) is 35.4 Å². The molecule has 0 bridgehead atoms. The van der Waals surface area contributed by atoms with Crippen LogP contribution < -0.4 is 5.73 Å². The third-order valence-corrected chi connectivity index (χ3v) is 2.15. The summed E-state index contributed by atoms with van der Waals surface area (Å²) < 4.78 is 25.6. The highest BCUT2D eigenvalue weighted by Gasteiger charge is 2.12. The summed E-state index contributed by atoms with van der Waals surface area (Å²) in [6, 6.07) is 2.50. The van der Waals surface area contributed by atoms with Crippen molar-refractivity contribution in [1.29, 1.82) is 0 Å². The molecule has 0 saturated heterocycles. The second kappa shape index (κ2) is 4.98. The molecule has 15 heavy (non-hydrogen) atoms. The van der Waals surface area contributed by atoms with E-state index in [0.717, 1.165) is 18.2 Å². The predicted octanol–water partition coefficient (Wildman–Crippen LogP) is 1.81. The van der Waals surface area contributed by atoms with Gasteiger partial charge in [-0.15, -0.1) is 0 Å². The molecule has 4 heteroatoms. The van der Waals surface area contributed by atoms with Crippen LogP contribution in [-0.2, 0) is 11.2 Å². The van der Waals surface area contributed by atoms with E-state index in [9.17, 15) is 13.6 Å². The lowest BCUT2D eigenvalue weighted by atomic mass is 10.0. The second-order valence-electron chi connectivity index (χ2n) is 3.44. The van der Waals surface area contributed by atoms with Gasteiger partial charge in [-0.2, -0.15) is 0 Å². The molecule has 0 radical (unpaired) electrons. The zero-order valence-corrected chi connectivity index (χ0v) is 8.47. The average molecular weight is 213 g/mol. The van der Waals surface area contributed by atoms with Gasteiger partial charge < -0.3 is 5.73 Å². The van der Waals surface area contributed by atoms with Crippen molar-refractivity contribution in [3.63, 3.8) is 0 Å². The highest BCUT2D eigenvalue weighted by molar-refractivity contribution is 5.85. The number of carbonyl (C=O) groups is 1. The Kier molecular flexibility index (Phi) is 3.91. The fraction of sp³-hybridized carbons (Fsp3) is 0.364. The minimum Gasteiger partial charge on any atom is -0.322 e. The predicted molar refractivity (Wildman–Crippen MR) is 53.3 cm³/mol. The molecule has 82 valence electrons. The van der Waals surface area contributed by atoms with Crippen LogP contribution in [0.1, 0.15) is 18.9 Å². The van der Waals surface area contributed by atoms with Crippen molar-refractivity contribution < 1.29 is 13.6 Å². The average Bonchev–Trinajstić information content (AvgIpc) is 2.14. The van der Waals surface area contributed by atoms with Gasteiger partial charge in [-0.05, 0) is 24.1 Å². The first kappa shape index (κ1) is 11.8. The van der Waals surface area contributed by atoms with Crippen molar-refractivity contribution >= 4 is 5.78 Å². The van der Waals surface area contributed by atoms with Crippen molar-refractivity contribution in [3.8, 4) is 0 Å². The molecule has 2 nitrogen and oxygen atoms in total. The smallest absolute Gasteiger partial charge is 0.153 e. The zero-order chi connectivity index (χ0) is 11.4. The Labute approximate surface area is 87.1 Å². The molecule has 1 aromatic rings. The van der Waals surface area contributed by atoms with Crippen molar-refractivity contribution in [2.45, 2.75) is 25.8 Å². The molecular weight excluding hydrogens is 200 g/mol. The molecule has 1 unspecified atom stereocenters. The second-order valence-corrected chi connectivity index (χ2v) is 3.44. The quantitative estimate of drug-likeness (QED) is 0.828. The largest absolute Gasteiger partial charge is 0.322 e. The van der Waals surface area contributed by atoms with Gasteiger partial charge in [0.25, 0.3) is 0 Å². The van der Waals surface area contributed by atoms with Crippen LogP contribution in [0.15, 0.2) is 18.2 Å².